The highest BCUT2D eigenvalue weighted by Gasteiger charge is 2.26. The molecule has 1 aromatic carbocycles. The molecule has 1 aliphatic heterocycles. The first-order valence-corrected chi connectivity index (χ1v) is 8.68. The summed E-state index contributed by atoms with van der Waals surface area (Å²) in [6.07, 6.45) is 1.58. The van der Waals surface area contributed by atoms with Gasteiger partial charge in [0.2, 0.25) is 0 Å². The minimum absolute atomic E-state index is 0.0691. The lowest BCUT2D eigenvalue weighted by molar-refractivity contribution is 0.0535. The fourth-order valence-corrected chi connectivity index (χ4v) is 3.11. The van der Waals surface area contributed by atoms with Crippen LogP contribution in [-0.4, -0.2) is 52.8 Å². The van der Waals surface area contributed by atoms with E-state index in [1.165, 1.54) is 0 Å². The zero-order valence-electron chi connectivity index (χ0n) is 13.7. The zero-order valence-corrected chi connectivity index (χ0v) is 15.2. The van der Waals surface area contributed by atoms with E-state index in [1.807, 2.05) is 13.0 Å². The molecule has 7 heteroatoms. The molecule has 0 N–H and O–H groups in total. The summed E-state index contributed by atoms with van der Waals surface area (Å²) in [4.78, 5) is 32.7. The van der Waals surface area contributed by atoms with Crippen molar-refractivity contribution in [3.8, 4) is 0 Å². The molecule has 0 radical (unpaired) electrons. The number of carbonyl (C=O) groups excluding carboxylic acids is 2. The number of hydrogen-bond acceptors (Lipinski definition) is 3. The quantitative estimate of drug-likeness (QED) is 0.806. The van der Waals surface area contributed by atoms with Crippen LogP contribution in [0, 0.1) is 6.92 Å². The predicted octanol–water partition coefficient (Wildman–Crippen LogP) is 3.30. The monoisotopic (exact) mass is 377 g/mol. The molecule has 25 heavy (non-hydrogen) atoms. The summed E-state index contributed by atoms with van der Waals surface area (Å²) in [5.41, 5.74) is 1.81. The third-order valence-corrected chi connectivity index (χ3v) is 5.01. The Balaban J connectivity index is 1.65. The molecule has 1 aliphatic rings. The second-order valence-electron chi connectivity index (χ2n) is 5.87. The van der Waals surface area contributed by atoms with Crippen molar-refractivity contribution in [1.29, 1.82) is 0 Å². The van der Waals surface area contributed by atoms with E-state index in [1.54, 1.807) is 40.3 Å². The normalized spacial score (nSPS) is 14.5. The minimum Gasteiger partial charge on any atom is -0.335 e. The number of nitrogens with zero attached hydrogens (tertiary/aromatic N) is 3. The van der Waals surface area contributed by atoms with E-state index in [2.05, 4.69) is 4.98 Å². The first-order valence-electron chi connectivity index (χ1n) is 7.92. The smallest absolute Gasteiger partial charge is 0.255 e. The van der Waals surface area contributed by atoms with Crippen molar-refractivity contribution >= 4 is 35.0 Å². The Morgan fingerprint density at radius 3 is 2.20 bits per heavy atom. The van der Waals surface area contributed by atoms with Gasteiger partial charge in [0, 0.05) is 38.1 Å². The van der Waals surface area contributed by atoms with Crippen molar-refractivity contribution in [3.05, 3.63) is 63.4 Å². The summed E-state index contributed by atoms with van der Waals surface area (Å²) >= 11 is 12.1. The van der Waals surface area contributed by atoms with E-state index in [9.17, 15) is 9.59 Å². The summed E-state index contributed by atoms with van der Waals surface area (Å²) in [6, 6.07) is 8.59. The molecule has 1 fully saturated rings. The number of carbonyl (C=O) groups is 2. The predicted molar refractivity (Wildman–Crippen MR) is 97.2 cm³/mol. The van der Waals surface area contributed by atoms with Crippen LogP contribution in [0.4, 0.5) is 0 Å². The van der Waals surface area contributed by atoms with E-state index in [-0.39, 0.29) is 16.8 Å². The van der Waals surface area contributed by atoms with E-state index < -0.39 is 0 Å². The Kier molecular flexibility index (Phi) is 5.25. The molecule has 0 spiro atoms. The Morgan fingerprint density at radius 1 is 0.960 bits per heavy atom. The summed E-state index contributed by atoms with van der Waals surface area (Å²) in [7, 11) is 0. The minimum atomic E-state index is -0.170. The van der Waals surface area contributed by atoms with Gasteiger partial charge < -0.3 is 9.80 Å². The summed E-state index contributed by atoms with van der Waals surface area (Å²) < 4.78 is 0. The lowest BCUT2D eigenvalue weighted by atomic mass is 10.1. The average molecular weight is 378 g/mol. The molecule has 1 aromatic heterocycles. The number of benzene rings is 1. The number of pyridine rings is 1. The highest BCUT2D eigenvalue weighted by molar-refractivity contribution is 6.43. The van der Waals surface area contributed by atoms with Gasteiger partial charge in [-0.25, -0.2) is 0 Å². The fourth-order valence-electron chi connectivity index (χ4n) is 2.73. The second-order valence-corrected chi connectivity index (χ2v) is 6.66. The summed E-state index contributed by atoms with van der Waals surface area (Å²) in [5.74, 6) is -0.239. The summed E-state index contributed by atoms with van der Waals surface area (Å²) in [5, 5.41) is 0.617. The van der Waals surface area contributed by atoms with Crippen molar-refractivity contribution in [2.45, 2.75) is 6.92 Å². The van der Waals surface area contributed by atoms with Gasteiger partial charge in [-0.1, -0.05) is 29.3 Å². The lowest BCUT2D eigenvalue weighted by Crippen LogP contribution is -2.50. The summed E-state index contributed by atoms with van der Waals surface area (Å²) in [6.45, 7) is 3.71. The van der Waals surface area contributed by atoms with Crippen molar-refractivity contribution < 1.29 is 9.59 Å². The number of aromatic nitrogens is 1. The molecule has 1 saturated heterocycles. The number of amides is 2. The van der Waals surface area contributed by atoms with Gasteiger partial charge in [-0.2, -0.15) is 0 Å². The Bertz CT molecular complexity index is 800. The maximum absolute atomic E-state index is 12.6. The highest BCUT2D eigenvalue weighted by atomic mass is 35.5. The molecule has 2 amide bonds. The molecule has 5 nitrogen and oxygen atoms in total. The Hall–Kier alpha value is -2.11. The number of piperazine rings is 1. The van der Waals surface area contributed by atoms with E-state index in [0.717, 1.165) is 5.69 Å². The fraction of sp³-hybridized carbons (Fsp3) is 0.278. The van der Waals surface area contributed by atoms with Gasteiger partial charge in [0.05, 0.1) is 21.2 Å². The van der Waals surface area contributed by atoms with E-state index in [4.69, 9.17) is 23.2 Å². The van der Waals surface area contributed by atoms with E-state index in [0.29, 0.717) is 42.3 Å². The van der Waals surface area contributed by atoms with Crippen molar-refractivity contribution in [2.75, 3.05) is 26.2 Å². The van der Waals surface area contributed by atoms with Crippen molar-refractivity contribution in [2.24, 2.45) is 0 Å². The Morgan fingerprint density at radius 2 is 1.60 bits per heavy atom. The molecular formula is C18H17Cl2N3O2. The molecule has 130 valence electrons. The van der Waals surface area contributed by atoms with Crippen molar-refractivity contribution in [1.82, 2.24) is 14.8 Å². The van der Waals surface area contributed by atoms with Crippen LogP contribution in [-0.2, 0) is 0 Å². The largest absolute Gasteiger partial charge is 0.335 e. The molecule has 0 aliphatic carbocycles. The van der Waals surface area contributed by atoms with Crippen LogP contribution in [0.3, 0.4) is 0 Å². The van der Waals surface area contributed by atoms with Crippen LogP contribution >= 0.6 is 23.2 Å². The van der Waals surface area contributed by atoms with Gasteiger partial charge in [-0.3, -0.25) is 14.6 Å². The molecule has 3 rings (SSSR count). The van der Waals surface area contributed by atoms with Crippen LogP contribution in [0.25, 0.3) is 0 Å². The number of hydrogen-bond donors (Lipinski definition) is 0. The first-order chi connectivity index (χ1) is 12.0. The van der Waals surface area contributed by atoms with Crippen LogP contribution in [0.15, 0.2) is 36.5 Å². The molecule has 2 aromatic rings. The van der Waals surface area contributed by atoms with Crippen LogP contribution < -0.4 is 0 Å². The average Bonchev–Trinajstić information content (AvgIpc) is 2.64. The van der Waals surface area contributed by atoms with Gasteiger partial charge in [0.15, 0.2) is 0 Å². The number of aryl methyl sites for hydroxylation is 1. The molecule has 0 bridgehead atoms. The third-order valence-electron chi connectivity index (χ3n) is 4.19. The Labute approximate surface area is 156 Å². The SMILES string of the molecule is Cc1ccc(C(=O)N2CCN(C(=O)c3cccc(Cl)c3Cl)CC2)cn1. The van der Waals surface area contributed by atoms with Gasteiger partial charge >= 0.3 is 0 Å². The first kappa shape index (κ1) is 17.7. The van der Waals surface area contributed by atoms with Crippen LogP contribution in [0.1, 0.15) is 26.4 Å². The van der Waals surface area contributed by atoms with Gasteiger partial charge in [0.1, 0.15) is 0 Å². The topological polar surface area (TPSA) is 53.5 Å². The zero-order chi connectivity index (χ0) is 18.0. The molecular weight excluding hydrogens is 361 g/mol. The standard InChI is InChI=1S/C18H17Cl2N3O2/c1-12-5-6-13(11-21-12)17(24)22-7-9-23(10-8-22)18(25)14-3-2-4-15(19)16(14)20/h2-6,11H,7-10H2,1H3. The number of rotatable bonds is 2. The second kappa shape index (κ2) is 7.42. The van der Waals surface area contributed by atoms with Crippen LogP contribution in [0.5, 0.6) is 0 Å². The maximum Gasteiger partial charge on any atom is 0.255 e. The molecule has 0 saturated carbocycles. The molecule has 2 heterocycles. The third kappa shape index (κ3) is 3.78. The highest BCUT2D eigenvalue weighted by Crippen LogP contribution is 2.26. The van der Waals surface area contributed by atoms with Crippen LogP contribution in [0.2, 0.25) is 10.0 Å². The number of halogens is 2. The maximum atomic E-state index is 12.6. The molecule has 0 unspecified atom stereocenters. The van der Waals surface area contributed by atoms with Crippen molar-refractivity contribution in [3.63, 3.8) is 0 Å². The van der Waals surface area contributed by atoms with Gasteiger partial charge in [-0.15, -0.1) is 0 Å². The lowest BCUT2D eigenvalue weighted by Gasteiger charge is -2.35. The van der Waals surface area contributed by atoms with E-state index >= 15 is 0 Å². The molecule has 0 atom stereocenters. The van der Waals surface area contributed by atoms with Gasteiger partial charge in [-0.05, 0) is 31.2 Å². The van der Waals surface area contributed by atoms with Gasteiger partial charge in [0.25, 0.3) is 11.8 Å².